The number of fused-ring (bicyclic) bond motifs is 5. The Morgan fingerprint density at radius 1 is 1.33 bits per heavy atom. The highest BCUT2D eigenvalue weighted by Gasteiger charge is 2.54. The highest BCUT2D eigenvalue weighted by molar-refractivity contribution is 6.34. The molecule has 3 heterocycles. The van der Waals surface area contributed by atoms with Gasteiger partial charge in [0.1, 0.15) is 29.1 Å². The van der Waals surface area contributed by atoms with Crippen molar-refractivity contribution in [2.24, 2.45) is 5.92 Å². The van der Waals surface area contributed by atoms with E-state index in [9.17, 15) is 9.90 Å². The number of benzene rings is 1. The minimum Gasteiger partial charge on any atom is -0.495 e. The van der Waals surface area contributed by atoms with Gasteiger partial charge in [0.15, 0.2) is 12.0 Å². The first-order chi connectivity index (χ1) is 15.7. The number of nitrogens with zero attached hydrogens (tertiary/aromatic N) is 1. The number of allylic oxidation sites excluding steroid dienone is 3. The van der Waals surface area contributed by atoms with Gasteiger partial charge < -0.3 is 29.0 Å². The molecule has 2 N–H and O–H groups in total. The van der Waals surface area contributed by atoms with Crippen LogP contribution in [0.4, 0.5) is 10.5 Å². The van der Waals surface area contributed by atoms with E-state index < -0.39 is 24.0 Å². The average Bonchev–Trinajstić information content (AvgIpc) is 3.56. The summed E-state index contributed by atoms with van der Waals surface area (Å²) in [6, 6.07) is 3.98. The maximum Gasteiger partial charge on any atom is 0.409 e. The number of aliphatic hydroxyl groups is 1. The standard InChI is InChI=1S/C24H31ClN2O6/c1-13-7-6-8-19(31-5)24(29)12-18(32-23(28)26-24)14(2)21-22(33-21)27(3)16-10-15(9-13)11-17(30-4)20(16)25/h6-8,10-11,14,18-19,21-22,29H,9,12H2,1-5H3,(H,26,28)/b8-6+,13-7+/t14-,18?,19-,21+,22-,24+/m1/s1. The number of amides is 1. The third-order valence-corrected chi connectivity index (χ3v) is 7.01. The quantitative estimate of drug-likeness (QED) is 0.629. The lowest BCUT2D eigenvalue weighted by molar-refractivity contribution is -0.142. The predicted octanol–water partition coefficient (Wildman–Crippen LogP) is 3.41. The fraction of sp³-hybridized carbons (Fsp3) is 0.542. The normalized spacial score (nSPS) is 36.6. The second-order valence-corrected chi connectivity index (χ2v) is 9.40. The number of halogens is 1. The van der Waals surface area contributed by atoms with Crippen molar-refractivity contribution in [1.29, 1.82) is 0 Å². The van der Waals surface area contributed by atoms with Crippen LogP contribution in [0.1, 0.15) is 25.8 Å². The Kier molecular flexibility index (Phi) is 6.64. The first kappa shape index (κ1) is 23.9. The van der Waals surface area contributed by atoms with E-state index in [4.69, 9.17) is 30.5 Å². The van der Waals surface area contributed by atoms with E-state index in [0.717, 1.165) is 16.8 Å². The zero-order valence-electron chi connectivity index (χ0n) is 19.5. The molecule has 1 unspecified atom stereocenters. The summed E-state index contributed by atoms with van der Waals surface area (Å²) in [5.74, 6) is 0.429. The number of alkyl carbamates (subject to hydrolysis) is 1. The molecule has 2 saturated heterocycles. The van der Waals surface area contributed by atoms with Crippen LogP contribution in [0.25, 0.3) is 0 Å². The van der Waals surface area contributed by atoms with Crippen LogP contribution < -0.4 is 15.0 Å². The van der Waals surface area contributed by atoms with Crippen LogP contribution in [-0.4, -0.2) is 62.7 Å². The Morgan fingerprint density at radius 3 is 2.79 bits per heavy atom. The number of likely N-dealkylation sites (N-methyl/N-ethyl adjacent to an activating group) is 1. The van der Waals surface area contributed by atoms with Gasteiger partial charge in [-0.3, -0.25) is 5.32 Å². The lowest BCUT2D eigenvalue weighted by Crippen LogP contribution is -2.63. The third-order valence-electron chi connectivity index (χ3n) is 6.63. The van der Waals surface area contributed by atoms with Crippen LogP contribution in [0.3, 0.4) is 0 Å². The smallest absolute Gasteiger partial charge is 0.409 e. The summed E-state index contributed by atoms with van der Waals surface area (Å²) in [6.07, 6.45) is 3.91. The summed E-state index contributed by atoms with van der Waals surface area (Å²) in [6.45, 7) is 3.97. The molecule has 0 aromatic heterocycles. The highest BCUT2D eigenvalue weighted by Crippen LogP contribution is 2.43. The largest absolute Gasteiger partial charge is 0.495 e. The molecule has 1 aromatic carbocycles. The molecule has 0 aliphatic carbocycles. The molecule has 9 heteroatoms. The molecule has 0 radical (unpaired) electrons. The number of nitrogens with one attached hydrogen (secondary N) is 1. The van der Waals surface area contributed by atoms with Gasteiger partial charge in [-0.25, -0.2) is 4.79 Å². The maximum absolute atomic E-state index is 12.3. The van der Waals surface area contributed by atoms with Gasteiger partial charge >= 0.3 is 6.09 Å². The lowest BCUT2D eigenvalue weighted by Gasteiger charge is -2.42. The molecular formula is C24H31ClN2O6. The van der Waals surface area contributed by atoms with Gasteiger partial charge in [-0.2, -0.15) is 0 Å². The fourth-order valence-corrected chi connectivity index (χ4v) is 4.98. The number of carbonyl (C=O) groups excluding carboxylic acids is 1. The van der Waals surface area contributed by atoms with E-state index >= 15 is 0 Å². The molecular weight excluding hydrogens is 448 g/mol. The van der Waals surface area contributed by atoms with Crippen molar-refractivity contribution in [2.75, 3.05) is 26.2 Å². The molecule has 3 aliphatic heterocycles. The van der Waals surface area contributed by atoms with E-state index in [-0.39, 0.29) is 24.7 Å². The average molecular weight is 479 g/mol. The lowest BCUT2D eigenvalue weighted by atomic mass is 9.88. The maximum atomic E-state index is 12.3. The molecule has 180 valence electrons. The monoisotopic (exact) mass is 478 g/mol. The van der Waals surface area contributed by atoms with Crippen LogP contribution in [-0.2, 0) is 20.6 Å². The minimum atomic E-state index is -1.60. The van der Waals surface area contributed by atoms with Crippen molar-refractivity contribution in [3.63, 3.8) is 0 Å². The number of rotatable bonds is 2. The zero-order valence-corrected chi connectivity index (χ0v) is 20.3. The summed E-state index contributed by atoms with van der Waals surface area (Å²) in [5, 5.41) is 14.3. The van der Waals surface area contributed by atoms with Gasteiger partial charge in [-0.1, -0.05) is 42.3 Å². The molecule has 3 aliphatic rings. The highest BCUT2D eigenvalue weighted by atomic mass is 35.5. The van der Waals surface area contributed by atoms with Gasteiger partial charge in [0.25, 0.3) is 0 Å². The van der Waals surface area contributed by atoms with Crippen LogP contribution in [0.15, 0.2) is 35.9 Å². The van der Waals surface area contributed by atoms with Gasteiger partial charge in [-0.15, -0.1) is 0 Å². The Bertz CT molecular complexity index is 982. The topological polar surface area (TPSA) is 92.8 Å². The fourth-order valence-electron chi connectivity index (χ4n) is 4.66. The number of epoxide rings is 1. The SMILES string of the molecule is COc1cc2cc(c1Cl)N(C)[C@@H]1O[C@H]1[C@H](C)C1C[C@@](O)(NC(=O)O1)[C@H](OC)/C=C/C=C(\C)C2. The Labute approximate surface area is 199 Å². The first-order valence-electron chi connectivity index (χ1n) is 11.0. The number of methoxy groups -OCH3 is 2. The van der Waals surface area contributed by atoms with Gasteiger partial charge in [0.05, 0.1) is 12.8 Å². The molecule has 2 fully saturated rings. The van der Waals surface area contributed by atoms with Gasteiger partial charge in [0, 0.05) is 26.5 Å². The minimum absolute atomic E-state index is 0.159. The molecule has 0 saturated carbocycles. The number of hydrogen-bond donors (Lipinski definition) is 2. The van der Waals surface area contributed by atoms with Crippen molar-refractivity contribution in [3.8, 4) is 5.75 Å². The number of carbonyl (C=O) groups is 1. The van der Waals surface area contributed by atoms with Crippen molar-refractivity contribution in [2.45, 2.75) is 57.0 Å². The number of anilines is 1. The molecule has 4 bridgehead atoms. The molecule has 8 nitrogen and oxygen atoms in total. The van der Waals surface area contributed by atoms with E-state index in [2.05, 4.69) is 5.32 Å². The van der Waals surface area contributed by atoms with E-state index in [1.165, 1.54) is 7.11 Å². The van der Waals surface area contributed by atoms with E-state index in [0.29, 0.717) is 17.2 Å². The van der Waals surface area contributed by atoms with Crippen LogP contribution in [0, 0.1) is 5.92 Å². The second kappa shape index (κ2) is 9.18. The number of ether oxygens (including phenoxy) is 4. The zero-order chi connectivity index (χ0) is 23.9. The van der Waals surface area contributed by atoms with E-state index in [1.54, 1.807) is 13.2 Å². The van der Waals surface area contributed by atoms with Crippen molar-refractivity contribution in [1.82, 2.24) is 5.32 Å². The summed E-state index contributed by atoms with van der Waals surface area (Å²) in [7, 11) is 5.02. The van der Waals surface area contributed by atoms with Crippen LogP contribution in [0.2, 0.25) is 5.02 Å². The Morgan fingerprint density at radius 2 is 2.09 bits per heavy atom. The van der Waals surface area contributed by atoms with Gasteiger partial charge in [0.2, 0.25) is 0 Å². The van der Waals surface area contributed by atoms with Gasteiger partial charge in [-0.05, 0) is 31.0 Å². The van der Waals surface area contributed by atoms with Crippen LogP contribution >= 0.6 is 11.6 Å². The molecule has 1 aromatic rings. The first-order valence-corrected chi connectivity index (χ1v) is 11.4. The number of hydrogen-bond acceptors (Lipinski definition) is 7. The summed E-state index contributed by atoms with van der Waals surface area (Å²) < 4.78 is 22.6. The van der Waals surface area contributed by atoms with Crippen LogP contribution in [0.5, 0.6) is 5.75 Å². The molecule has 33 heavy (non-hydrogen) atoms. The summed E-state index contributed by atoms with van der Waals surface area (Å²) in [5.41, 5.74) is 1.34. The van der Waals surface area contributed by atoms with Crippen molar-refractivity contribution >= 4 is 23.4 Å². The molecule has 4 rings (SSSR count). The van der Waals surface area contributed by atoms with Crippen molar-refractivity contribution < 1.29 is 28.8 Å². The Hall–Kier alpha value is -2.26. The second-order valence-electron chi connectivity index (χ2n) is 9.02. The molecule has 6 atom stereocenters. The molecule has 1 amide bonds. The Balaban J connectivity index is 1.75. The predicted molar refractivity (Wildman–Crippen MR) is 125 cm³/mol. The molecule has 0 spiro atoms. The summed E-state index contributed by atoms with van der Waals surface area (Å²) in [4.78, 5) is 14.3. The summed E-state index contributed by atoms with van der Waals surface area (Å²) >= 11 is 6.65. The van der Waals surface area contributed by atoms with Crippen molar-refractivity contribution in [3.05, 3.63) is 46.5 Å². The third kappa shape index (κ3) is 4.71. The van der Waals surface area contributed by atoms with E-state index in [1.807, 2.05) is 50.1 Å².